The van der Waals surface area contributed by atoms with Crippen LogP contribution in [-0.2, 0) is 16.0 Å². The quantitative estimate of drug-likeness (QED) is 0.847. The number of hydrogen-bond acceptors (Lipinski definition) is 2. The predicted molar refractivity (Wildman–Crippen MR) is 81.1 cm³/mol. The monoisotopic (exact) mass is 316 g/mol. The molecule has 1 atom stereocenters. The van der Waals surface area contributed by atoms with Gasteiger partial charge in [-0.25, -0.2) is 0 Å². The molecule has 1 unspecified atom stereocenters. The van der Waals surface area contributed by atoms with Crippen molar-refractivity contribution in [1.29, 1.82) is 0 Å². The van der Waals surface area contributed by atoms with Gasteiger partial charge in [-0.05, 0) is 31.0 Å². The summed E-state index contributed by atoms with van der Waals surface area (Å²) in [5.41, 5.74) is 0.748. The lowest BCUT2D eigenvalue weighted by molar-refractivity contribution is -0.128. The maximum Gasteiger partial charge on any atom is 0.242 e. The van der Waals surface area contributed by atoms with E-state index in [-0.39, 0.29) is 18.2 Å². The number of halogens is 2. The maximum absolute atomic E-state index is 11.8. The summed E-state index contributed by atoms with van der Waals surface area (Å²) in [6.07, 6.45) is 1.01. The summed E-state index contributed by atoms with van der Waals surface area (Å²) in [6.45, 7) is 4.22. The maximum atomic E-state index is 11.8. The van der Waals surface area contributed by atoms with E-state index in [1.807, 2.05) is 6.92 Å². The second-order valence-electron chi connectivity index (χ2n) is 4.51. The van der Waals surface area contributed by atoms with E-state index in [9.17, 15) is 9.59 Å². The summed E-state index contributed by atoms with van der Waals surface area (Å²) in [6, 6.07) is 4.46. The number of nitrogens with one attached hydrogen (secondary N) is 2. The van der Waals surface area contributed by atoms with E-state index < -0.39 is 6.04 Å². The van der Waals surface area contributed by atoms with Crippen LogP contribution in [0.15, 0.2) is 18.2 Å². The van der Waals surface area contributed by atoms with Crippen molar-refractivity contribution < 1.29 is 9.59 Å². The summed E-state index contributed by atoms with van der Waals surface area (Å²) in [7, 11) is 0. The molecule has 1 aromatic carbocycles. The van der Waals surface area contributed by atoms with Gasteiger partial charge in [0.05, 0.1) is 16.5 Å². The fourth-order valence-corrected chi connectivity index (χ4v) is 1.92. The van der Waals surface area contributed by atoms with Crippen molar-refractivity contribution >= 4 is 35.0 Å². The van der Waals surface area contributed by atoms with Crippen LogP contribution < -0.4 is 10.6 Å². The van der Waals surface area contributed by atoms with Gasteiger partial charge in [0.15, 0.2) is 0 Å². The molecule has 0 heterocycles. The smallest absolute Gasteiger partial charge is 0.242 e. The van der Waals surface area contributed by atoms with Gasteiger partial charge < -0.3 is 10.6 Å². The van der Waals surface area contributed by atoms with E-state index in [1.165, 1.54) is 0 Å². The Hall–Kier alpha value is -1.26. The van der Waals surface area contributed by atoms with Crippen LogP contribution in [0, 0.1) is 0 Å². The molecule has 1 rings (SSSR count). The summed E-state index contributed by atoms with van der Waals surface area (Å²) < 4.78 is 0. The minimum atomic E-state index is -0.558. The fraction of sp³-hybridized carbons (Fsp3) is 0.429. The van der Waals surface area contributed by atoms with Crippen LogP contribution in [0.3, 0.4) is 0 Å². The number of benzene rings is 1. The number of carbonyl (C=O) groups is 2. The Labute approximate surface area is 128 Å². The molecule has 0 saturated heterocycles. The number of hydrogen-bond donors (Lipinski definition) is 2. The van der Waals surface area contributed by atoms with Gasteiger partial charge in [0.25, 0.3) is 0 Å². The standard InChI is InChI=1S/C14H18Cl2N2O2/c1-3-6-17-14(20)9(2)18-13(19)8-10-4-5-11(15)12(16)7-10/h4-5,7,9H,3,6,8H2,1-2H3,(H,17,20)(H,18,19). The molecule has 0 aliphatic heterocycles. The van der Waals surface area contributed by atoms with E-state index in [1.54, 1.807) is 25.1 Å². The lowest BCUT2D eigenvalue weighted by atomic mass is 10.1. The molecule has 6 heteroatoms. The van der Waals surface area contributed by atoms with E-state index in [4.69, 9.17) is 23.2 Å². The van der Waals surface area contributed by atoms with Gasteiger partial charge in [-0.2, -0.15) is 0 Å². The Morgan fingerprint density at radius 1 is 1.25 bits per heavy atom. The van der Waals surface area contributed by atoms with Gasteiger partial charge in [0.1, 0.15) is 6.04 Å². The third kappa shape index (κ3) is 5.39. The Kier molecular flexibility index (Phi) is 6.82. The molecule has 0 spiro atoms. The number of carbonyl (C=O) groups excluding carboxylic acids is 2. The topological polar surface area (TPSA) is 58.2 Å². The molecule has 0 saturated carbocycles. The third-order valence-corrected chi connectivity index (χ3v) is 3.41. The van der Waals surface area contributed by atoms with Crippen molar-refractivity contribution in [3.63, 3.8) is 0 Å². The zero-order valence-corrected chi connectivity index (χ0v) is 13.0. The average molecular weight is 317 g/mol. The molecule has 0 aliphatic rings. The summed E-state index contributed by atoms with van der Waals surface area (Å²) >= 11 is 11.7. The lowest BCUT2D eigenvalue weighted by Crippen LogP contribution is -2.45. The lowest BCUT2D eigenvalue weighted by Gasteiger charge is -2.14. The largest absolute Gasteiger partial charge is 0.354 e. The fourth-order valence-electron chi connectivity index (χ4n) is 1.59. The van der Waals surface area contributed by atoms with Crippen LogP contribution in [0.2, 0.25) is 10.0 Å². The first-order chi connectivity index (χ1) is 9.43. The highest BCUT2D eigenvalue weighted by Crippen LogP contribution is 2.22. The van der Waals surface area contributed by atoms with Gasteiger partial charge in [0, 0.05) is 6.54 Å². The molecule has 0 radical (unpaired) electrons. The molecule has 0 aliphatic carbocycles. The Balaban J connectivity index is 2.50. The molecular weight excluding hydrogens is 299 g/mol. The molecule has 20 heavy (non-hydrogen) atoms. The first-order valence-corrected chi connectivity index (χ1v) is 7.20. The van der Waals surface area contributed by atoms with Crippen LogP contribution in [0.1, 0.15) is 25.8 Å². The van der Waals surface area contributed by atoms with Crippen LogP contribution in [0.25, 0.3) is 0 Å². The van der Waals surface area contributed by atoms with Crippen molar-refractivity contribution in [2.24, 2.45) is 0 Å². The van der Waals surface area contributed by atoms with Crippen LogP contribution >= 0.6 is 23.2 Å². The minimum Gasteiger partial charge on any atom is -0.354 e. The highest BCUT2D eigenvalue weighted by atomic mass is 35.5. The molecule has 0 aromatic heterocycles. The van der Waals surface area contributed by atoms with Gasteiger partial charge in [0.2, 0.25) is 11.8 Å². The van der Waals surface area contributed by atoms with Crippen molar-refractivity contribution in [1.82, 2.24) is 10.6 Å². The summed E-state index contributed by atoms with van der Waals surface area (Å²) in [5, 5.41) is 6.23. The van der Waals surface area contributed by atoms with Gasteiger partial charge in [-0.3, -0.25) is 9.59 Å². The minimum absolute atomic E-state index is 0.155. The van der Waals surface area contributed by atoms with Crippen LogP contribution in [0.5, 0.6) is 0 Å². The number of rotatable bonds is 6. The predicted octanol–water partition coefficient (Wildman–Crippen LogP) is 2.57. The third-order valence-electron chi connectivity index (χ3n) is 2.67. The molecule has 1 aromatic rings. The summed E-state index contributed by atoms with van der Waals surface area (Å²) in [4.78, 5) is 23.5. The Morgan fingerprint density at radius 2 is 1.95 bits per heavy atom. The summed E-state index contributed by atoms with van der Waals surface area (Å²) in [5.74, 6) is -0.420. The highest BCUT2D eigenvalue weighted by Gasteiger charge is 2.15. The van der Waals surface area contributed by atoms with E-state index in [0.717, 1.165) is 12.0 Å². The van der Waals surface area contributed by atoms with Gasteiger partial charge in [-0.15, -0.1) is 0 Å². The molecule has 4 nitrogen and oxygen atoms in total. The van der Waals surface area contributed by atoms with E-state index in [0.29, 0.717) is 16.6 Å². The average Bonchev–Trinajstić information content (AvgIpc) is 2.40. The number of amides is 2. The zero-order valence-electron chi connectivity index (χ0n) is 11.5. The van der Waals surface area contributed by atoms with Crippen LogP contribution in [0.4, 0.5) is 0 Å². The van der Waals surface area contributed by atoms with E-state index in [2.05, 4.69) is 10.6 Å². The normalized spacial score (nSPS) is 11.8. The Morgan fingerprint density at radius 3 is 2.55 bits per heavy atom. The first-order valence-electron chi connectivity index (χ1n) is 6.45. The van der Waals surface area contributed by atoms with Crippen LogP contribution in [-0.4, -0.2) is 24.4 Å². The van der Waals surface area contributed by atoms with Gasteiger partial charge in [-0.1, -0.05) is 36.2 Å². The van der Waals surface area contributed by atoms with Gasteiger partial charge >= 0.3 is 0 Å². The molecule has 0 fully saturated rings. The van der Waals surface area contributed by atoms with Crippen molar-refractivity contribution in [2.45, 2.75) is 32.7 Å². The van der Waals surface area contributed by atoms with Crippen molar-refractivity contribution in [2.75, 3.05) is 6.54 Å². The zero-order chi connectivity index (χ0) is 15.1. The second kappa shape index (κ2) is 8.12. The van der Waals surface area contributed by atoms with Crippen molar-refractivity contribution in [3.8, 4) is 0 Å². The first kappa shape index (κ1) is 16.8. The highest BCUT2D eigenvalue weighted by molar-refractivity contribution is 6.42. The molecular formula is C14H18Cl2N2O2. The molecule has 2 N–H and O–H groups in total. The molecule has 0 bridgehead atoms. The SMILES string of the molecule is CCCNC(=O)C(C)NC(=O)Cc1ccc(Cl)c(Cl)c1. The van der Waals surface area contributed by atoms with Crippen molar-refractivity contribution in [3.05, 3.63) is 33.8 Å². The van der Waals surface area contributed by atoms with E-state index >= 15 is 0 Å². The second-order valence-corrected chi connectivity index (χ2v) is 5.32. The molecule has 110 valence electrons. The molecule has 2 amide bonds. The Bertz CT molecular complexity index is 492.